The predicted octanol–water partition coefficient (Wildman–Crippen LogP) is -1.43. The molecule has 5 heteroatoms. The summed E-state index contributed by atoms with van der Waals surface area (Å²) in [5, 5.41) is 18.2. The summed E-state index contributed by atoms with van der Waals surface area (Å²) < 4.78 is 0. The Morgan fingerprint density at radius 1 is 1.80 bits per heavy atom. The van der Waals surface area contributed by atoms with Crippen molar-refractivity contribution < 1.29 is 15.0 Å². The zero-order chi connectivity index (χ0) is 8.57. The van der Waals surface area contributed by atoms with E-state index in [1.165, 1.54) is 6.92 Å². The lowest BCUT2D eigenvalue weighted by Crippen LogP contribution is -2.16. The smallest absolute Gasteiger partial charge is 0.317 e. The van der Waals surface area contributed by atoms with Crippen LogP contribution in [0.2, 0.25) is 0 Å². The predicted molar refractivity (Wildman–Crippen MR) is 37.4 cm³/mol. The van der Waals surface area contributed by atoms with Crippen molar-refractivity contribution in [3.8, 4) is 0 Å². The number of aliphatic carboxylic acids is 1. The molecular formula is C5H14N2O3. The zero-order valence-corrected chi connectivity index (χ0v) is 6.16. The Balaban J connectivity index is 0. The van der Waals surface area contributed by atoms with Gasteiger partial charge in [-0.1, -0.05) is 0 Å². The van der Waals surface area contributed by atoms with Crippen LogP contribution in [0.3, 0.4) is 0 Å². The maximum atomic E-state index is 9.54. The molecule has 0 aliphatic carbocycles. The molecule has 0 saturated carbocycles. The zero-order valence-electron chi connectivity index (χ0n) is 6.16. The minimum atomic E-state index is -0.822. The molecule has 0 amide bonds. The molecule has 0 aromatic carbocycles. The van der Waals surface area contributed by atoms with E-state index in [4.69, 9.17) is 10.2 Å². The molecule has 0 spiro atoms. The minimum Gasteiger partial charge on any atom is -0.480 e. The quantitative estimate of drug-likeness (QED) is 0.362. The first-order valence-electron chi connectivity index (χ1n) is 2.80. The number of nitrogens with two attached hydrogens (primary N) is 1. The monoisotopic (exact) mass is 150 g/mol. The number of aliphatic hydroxyl groups is 1. The molecule has 0 bridgehead atoms. The molecule has 0 aliphatic heterocycles. The number of hydrogen-bond acceptors (Lipinski definition) is 4. The topological polar surface area (TPSA) is 95.6 Å². The SMILES string of the molecule is CC(N)O.CNCC(=O)O. The molecule has 62 valence electrons. The third kappa shape index (κ3) is 53.7. The van der Waals surface area contributed by atoms with Crippen molar-refractivity contribution >= 4 is 5.97 Å². The van der Waals surface area contributed by atoms with Gasteiger partial charge in [0.15, 0.2) is 0 Å². The first kappa shape index (κ1) is 12.1. The van der Waals surface area contributed by atoms with Crippen molar-refractivity contribution in [2.45, 2.75) is 13.2 Å². The lowest BCUT2D eigenvalue weighted by Gasteiger charge is -1.84. The maximum absolute atomic E-state index is 9.54. The van der Waals surface area contributed by atoms with Crippen LogP contribution >= 0.6 is 0 Å². The van der Waals surface area contributed by atoms with E-state index in [1.54, 1.807) is 7.05 Å². The van der Waals surface area contributed by atoms with Gasteiger partial charge >= 0.3 is 5.97 Å². The summed E-state index contributed by atoms with van der Waals surface area (Å²) in [6.07, 6.45) is -0.667. The number of aliphatic hydroxyl groups excluding tert-OH is 1. The van der Waals surface area contributed by atoms with Crippen LogP contribution in [0.1, 0.15) is 6.92 Å². The highest BCUT2D eigenvalue weighted by Crippen LogP contribution is 1.51. The summed E-state index contributed by atoms with van der Waals surface area (Å²) in [6, 6.07) is 0. The molecule has 0 aliphatic rings. The van der Waals surface area contributed by atoms with Crippen LogP contribution in [-0.2, 0) is 4.79 Å². The molecular weight excluding hydrogens is 136 g/mol. The molecule has 5 N–H and O–H groups in total. The molecule has 0 aromatic rings. The van der Waals surface area contributed by atoms with E-state index in [1.807, 2.05) is 0 Å². The fourth-order valence-corrected chi connectivity index (χ4v) is 0.151. The van der Waals surface area contributed by atoms with Crippen molar-refractivity contribution in [2.24, 2.45) is 5.73 Å². The highest BCUT2D eigenvalue weighted by Gasteiger charge is 1.86. The van der Waals surface area contributed by atoms with Crippen molar-refractivity contribution in [2.75, 3.05) is 13.6 Å². The molecule has 5 nitrogen and oxygen atoms in total. The van der Waals surface area contributed by atoms with Gasteiger partial charge in [0, 0.05) is 0 Å². The summed E-state index contributed by atoms with van der Waals surface area (Å²) in [6.45, 7) is 1.54. The summed E-state index contributed by atoms with van der Waals surface area (Å²) >= 11 is 0. The van der Waals surface area contributed by atoms with Gasteiger partial charge in [-0.3, -0.25) is 4.79 Å². The Hall–Kier alpha value is -0.650. The number of rotatable bonds is 2. The summed E-state index contributed by atoms with van der Waals surface area (Å²) in [7, 11) is 1.59. The van der Waals surface area contributed by atoms with Gasteiger partial charge in [-0.15, -0.1) is 0 Å². The van der Waals surface area contributed by atoms with Crippen LogP contribution in [0.4, 0.5) is 0 Å². The van der Waals surface area contributed by atoms with Crippen LogP contribution < -0.4 is 11.1 Å². The number of nitrogens with one attached hydrogen (secondary N) is 1. The fraction of sp³-hybridized carbons (Fsp3) is 0.800. The van der Waals surface area contributed by atoms with Gasteiger partial charge in [0.25, 0.3) is 0 Å². The van der Waals surface area contributed by atoms with E-state index in [0.29, 0.717) is 0 Å². The van der Waals surface area contributed by atoms with Crippen molar-refractivity contribution in [1.29, 1.82) is 0 Å². The summed E-state index contributed by atoms with van der Waals surface area (Å²) in [5.41, 5.74) is 4.67. The van der Waals surface area contributed by atoms with E-state index >= 15 is 0 Å². The molecule has 0 fully saturated rings. The Kier molecular flexibility index (Phi) is 10.1. The molecule has 1 atom stereocenters. The molecule has 0 radical (unpaired) electrons. The van der Waals surface area contributed by atoms with Gasteiger partial charge in [-0.2, -0.15) is 0 Å². The number of hydrogen-bond donors (Lipinski definition) is 4. The number of likely N-dealkylation sites (N-methyl/N-ethyl adjacent to an activating group) is 1. The van der Waals surface area contributed by atoms with Gasteiger partial charge in [-0.25, -0.2) is 0 Å². The van der Waals surface area contributed by atoms with E-state index in [0.717, 1.165) is 0 Å². The molecule has 0 rings (SSSR count). The van der Waals surface area contributed by atoms with E-state index in [9.17, 15) is 4.79 Å². The van der Waals surface area contributed by atoms with Crippen LogP contribution in [-0.4, -0.2) is 36.0 Å². The maximum Gasteiger partial charge on any atom is 0.317 e. The second-order valence-corrected chi connectivity index (χ2v) is 1.66. The van der Waals surface area contributed by atoms with Gasteiger partial charge < -0.3 is 21.3 Å². The lowest BCUT2D eigenvalue weighted by atomic mass is 10.7. The fourth-order valence-electron chi connectivity index (χ4n) is 0.151. The van der Waals surface area contributed by atoms with Crippen LogP contribution in [0.25, 0.3) is 0 Å². The number of carboxylic acids is 1. The second kappa shape index (κ2) is 8.35. The normalized spacial score (nSPS) is 11.2. The van der Waals surface area contributed by atoms with Crippen LogP contribution in [0.15, 0.2) is 0 Å². The summed E-state index contributed by atoms with van der Waals surface area (Å²) in [4.78, 5) is 9.54. The van der Waals surface area contributed by atoms with E-state index in [-0.39, 0.29) is 6.54 Å². The second-order valence-electron chi connectivity index (χ2n) is 1.66. The van der Waals surface area contributed by atoms with E-state index in [2.05, 4.69) is 11.1 Å². The molecule has 0 aromatic heterocycles. The summed E-state index contributed by atoms with van der Waals surface area (Å²) in [5.74, 6) is -0.822. The third-order valence-corrected chi connectivity index (χ3v) is 0.328. The average molecular weight is 150 g/mol. The van der Waals surface area contributed by atoms with Gasteiger partial charge in [-0.05, 0) is 14.0 Å². The van der Waals surface area contributed by atoms with Crippen molar-refractivity contribution in [3.05, 3.63) is 0 Å². The number of carboxylic acid groups (broad SMARTS) is 1. The van der Waals surface area contributed by atoms with Crippen molar-refractivity contribution in [3.63, 3.8) is 0 Å². The van der Waals surface area contributed by atoms with Crippen LogP contribution in [0.5, 0.6) is 0 Å². The van der Waals surface area contributed by atoms with Gasteiger partial charge in [0.1, 0.15) is 0 Å². The molecule has 1 unspecified atom stereocenters. The number of carbonyl (C=O) groups is 1. The highest BCUT2D eigenvalue weighted by atomic mass is 16.4. The lowest BCUT2D eigenvalue weighted by molar-refractivity contribution is -0.135. The Morgan fingerprint density at radius 3 is 2.10 bits per heavy atom. The largest absolute Gasteiger partial charge is 0.480 e. The Labute approximate surface area is 59.8 Å². The van der Waals surface area contributed by atoms with Crippen molar-refractivity contribution in [1.82, 2.24) is 5.32 Å². The minimum absolute atomic E-state index is 0.0417. The van der Waals surface area contributed by atoms with Crippen LogP contribution in [0, 0.1) is 0 Å². The molecule has 0 heterocycles. The first-order valence-corrected chi connectivity index (χ1v) is 2.80. The first-order chi connectivity index (χ1) is 4.50. The molecule has 0 saturated heterocycles. The standard InChI is InChI=1S/C3H7NO2.C2H7NO/c1-4-2-3(5)6;1-2(3)4/h4H,2H2,1H3,(H,5,6);2,4H,3H2,1H3. The van der Waals surface area contributed by atoms with E-state index < -0.39 is 12.2 Å². The third-order valence-electron chi connectivity index (χ3n) is 0.328. The average Bonchev–Trinajstić information content (AvgIpc) is 1.62. The van der Waals surface area contributed by atoms with Gasteiger partial charge in [0.05, 0.1) is 12.8 Å². The Morgan fingerprint density at radius 2 is 2.10 bits per heavy atom. The highest BCUT2D eigenvalue weighted by molar-refractivity contribution is 5.68. The van der Waals surface area contributed by atoms with Gasteiger partial charge in [0.2, 0.25) is 0 Å². The molecule has 10 heavy (non-hydrogen) atoms. The Bertz CT molecular complexity index is 82.2.